The van der Waals surface area contributed by atoms with Crippen LogP contribution in [0.3, 0.4) is 0 Å². The van der Waals surface area contributed by atoms with Crippen molar-refractivity contribution >= 4 is 17.6 Å². The Labute approximate surface area is 120 Å². The fourth-order valence-corrected chi connectivity index (χ4v) is 1.98. The molecule has 0 aromatic heterocycles. The Bertz CT molecular complexity index is 399. The average molecular weight is 286 g/mol. The predicted molar refractivity (Wildman–Crippen MR) is 80.1 cm³/mol. The molecule has 1 aromatic rings. The number of hydrogen-bond acceptors (Lipinski definition) is 3. The maximum absolute atomic E-state index is 11.7. The standard InChI is InChI=1S/C15H21ClO2.H3N/c1-15(2,3)18-14(17)9-8-12-6-4-5-7-13(12)10-11-16;/h4-7H,8-11H2,1-3H3;1H3. The highest BCUT2D eigenvalue weighted by molar-refractivity contribution is 6.18. The molecule has 0 unspecified atom stereocenters. The van der Waals surface area contributed by atoms with E-state index in [4.69, 9.17) is 16.3 Å². The number of ether oxygens (including phenoxy) is 1. The minimum Gasteiger partial charge on any atom is -0.460 e. The van der Waals surface area contributed by atoms with Gasteiger partial charge in [-0.15, -0.1) is 11.6 Å². The average Bonchev–Trinajstić information content (AvgIpc) is 2.26. The lowest BCUT2D eigenvalue weighted by Gasteiger charge is -2.19. The van der Waals surface area contributed by atoms with E-state index in [0.29, 0.717) is 18.7 Å². The monoisotopic (exact) mass is 285 g/mol. The molecule has 4 heteroatoms. The molecule has 1 rings (SSSR count). The van der Waals surface area contributed by atoms with E-state index in [1.165, 1.54) is 11.1 Å². The van der Waals surface area contributed by atoms with Gasteiger partial charge in [0.2, 0.25) is 0 Å². The Hall–Kier alpha value is -1.06. The molecule has 0 atom stereocenters. The van der Waals surface area contributed by atoms with E-state index < -0.39 is 5.60 Å². The van der Waals surface area contributed by atoms with Crippen molar-refractivity contribution in [1.29, 1.82) is 0 Å². The van der Waals surface area contributed by atoms with Crippen LogP contribution in [0.4, 0.5) is 0 Å². The van der Waals surface area contributed by atoms with Crippen LogP contribution < -0.4 is 6.15 Å². The predicted octanol–water partition coefficient (Wildman–Crippen LogP) is 3.90. The number of esters is 1. The summed E-state index contributed by atoms with van der Waals surface area (Å²) in [5, 5.41) is 0. The summed E-state index contributed by atoms with van der Waals surface area (Å²) in [5.74, 6) is 0.451. The van der Waals surface area contributed by atoms with Gasteiger partial charge in [-0.05, 0) is 44.7 Å². The van der Waals surface area contributed by atoms with Crippen LogP contribution in [0.5, 0.6) is 0 Å². The van der Waals surface area contributed by atoms with Crippen molar-refractivity contribution in [2.24, 2.45) is 0 Å². The number of benzene rings is 1. The zero-order valence-corrected chi connectivity index (χ0v) is 12.8. The first-order chi connectivity index (χ1) is 8.42. The summed E-state index contributed by atoms with van der Waals surface area (Å²) in [5.41, 5.74) is 1.99. The third-order valence-electron chi connectivity index (χ3n) is 2.50. The van der Waals surface area contributed by atoms with E-state index in [1.54, 1.807) is 0 Å². The lowest BCUT2D eigenvalue weighted by Crippen LogP contribution is -2.24. The highest BCUT2D eigenvalue weighted by Crippen LogP contribution is 2.14. The molecule has 1 aromatic carbocycles. The van der Waals surface area contributed by atoms with Crippen LogP contribution in [0, 0.1) is 0 Å². The molecule has 0 saturated carbocycles. The topological polar surface area (TPSA) is 61.3 Å². The molecule has 0 aliphatic rings. The molecule has 0 amide bonds. The zero-order chi connectivity index (χ0) is 13.6. The minimum atomic E-state index is -0.410. The molecular formula is C15H24ClNO2. The molecule has 0 spiro atoms. The molecule has 0 radical (unpaired) electrons. The van der Waals surface area contributed by atoms with Gasteiger partial charge in [0.05, 0.1) is 0 Å². The summed E-state index contributed by atoms with van der Waals surface area (Å²) in [6.07, 6.45) is 1.96. The number of rotatable bonds is 5. The van der Waals surface area contributed by atoms with Crippen LogP contribution >= 0.6 is 11.6 Å². The Kier molecular flexibility index (Phi) is 7.72. The van der Waals surface area contributed by atoms with Crippen molar-refractivity contribution in [3.63, 3.8) is 0 Å². The lowest BCUT2D eigenvalue weighted by atomic mass is 10.0. The number of alkyl halides is 1. The third-order valence-corrected chi connectivity index (χ3v) is 2.69. The minimum absolute atomic E-state index is 0. The van der Waals surface area contributed by atoms with E-state index in [9.17, 15) is 4.79 Å². The molecule has 3 N–H and O–H groups in total. The first-order valence-electron chi connectivity index (χ1n) is 6.27. The van der Waals surface area contributed by atoms with Crippen molar-refractivity contribution in [3.8, 4) is 0 Å². The van der Waals surface area contributed by atoms with E-state index in [2.05, 4.69) is 6.07 Å². The molecule has 108 valence electrons. The van der Waals surface area contributed by atoms with Crippen LogP contribution in [0.2, 0.25) is 0 Å². The molecule has 0 aliphatic carbocycles. The van der Waals surface area contributed by atoms with Gasteiger partial charge in [0.1, 0.15) is 5.60 Å². The second kappa shape index (κ2) is 8.18. The van der Waals surface area contributed by atoms with Crippen LogP contribution in [-0.4, -0.2) is 17.5 Å². The molecule has 0 bridgehead atoms. The SMILES string of the molecule is CC(C)(C)OC(=O)CCc1ccccc1CCCl.N. The molecule has 19 heavy (non-hydrogen) atoms. The molecule has 0 heterocycles. The molecule has 3 nitrogen and oxygen atoms in total. The van der Waals surface area contributed by atoms with Gasteiger partial charge in [0.25, 0.3) is 0 Å². The largest absolute Gasteiger partial charge is 0.460 e. The van der Waals surface area contributed by atoms with Crippen LogP contribution in [-0.2, 0) is 22.4 Å². The third kappa shape index (κ3) is 7.19. The highest BCUT2D eigenvalue weighted by atomic mass is 35.5. The molecule has 0 aliphatic heterocycles. The van der Waals surface area contributed by atoms with Gasteiger partial charge in [-0.25, -0.2) is 0 Å². The lowest BCUT2D eigenvalue weighted by molar-refractivity contribution is -0.154. The fraction of sp³-hybridized carbons (Fsp3) is 0.533. The fourth-order valence-electron chi connectivity index (χ4n) is 1.78. The summed E-state index contributed by atoms with van der Waals surface area (Å²) in [4.78, 5) is 11.7. The molecule has 0 fully saturated rings. The van der Waals surface area contributed by atoms with Crippen LogP contribution in [0.15, 0.2) is 24.3 Å². The van der Waals surface area contributed by atoms with Gasteiger partial charge >= 0.3 is 5.97 Å². The van der Waals surface area contributed by atoms with Crippen LogP contribution in [0.1, 0.15) is 38.3 Å². The number of aryl methyl sites for hydroxylation is 2. The smallest absolute Gasteiger partial charge is 0.306 e. The Morgan fingerprint density at radius 1 is 1.16 bits per heavy atom. The maximum atomic E-state index is 11.7. The van der Waals surface area contributed by atoms with Crippen molar-refractivity contribution in [1.82, 2.24) is 6.15 Å². The number of hydrogen-bond donors (Lipinski definition) is 1. The van der Waals surface area contributed by atoms with Crippen molar-refractivity contribution in [3.05, 3.63) is 35.4 Å². The summed E-state index contributed by atoms with van der Waals surface area (Å²) in [7, 11) is 0. The molecule has 0 saturated heterocycles. The van der Waals surface area contributed by atoms with Crippen LogP contribution in [0.25, 0.3) is 0 Å². The number of carbonyl (C=O) groups excluding carboxylic acids is 1. The van der Waals surface area contributed by atoms with Gasteiger partial charge in [-0.2, -0.15) is 0 Å². The highest BCUT2D eigenvalue weighted by Gasteiger charge is 2.16. The summed E-state index contributed by atoms with van der Waals surface area (Å²) in [6.45, 7) is 5.64. The summed E-state index contributed by atoms with van der Waals surface area (Å²) in [6, 6.07) is 8.10. The van der Waals surface area contributed by atoms with Crippen molar-refractivity contribution in [2.45, 2.75) is 45.6 Å². The number of halogens is 1. The van der Waals surface area contributed by atoms with Gasteiger partial charge < -0.3 is 10.9 Å². The Morgan fingerprint density at radius 2 is 1.68 bits per heavy atom. The van der Waals surface area contributed by atoms with Gasteiger partial charge in [-0.3, -0.25) is 4.79 Å². The number of carbonyl (C=O) groups is 1. The molecular weight excluding hydrogens is 262 g/mol. The first-order valence-corrected chi connectivity index (χ1v) is 6.80. The summed E-state index contributed by atoms with van der Waals surface area (Å²) >= 11 is 5.77. The van der Waals surface area contributed by atoms with E-state index in [0.717, 1.165) is 6.42 Å². The quantitative estimate of drug-likeness (QED) is 0.659. The normalized spacial score (nSPS) is 10.7. The van der Waals surface area contributed by atoms with Crippen molar-refractivity contribution in [2.75, 3.05) is 5.88 Å². The second-order valence-corrected chi connectivity index (χ2v) is 5.67. The van der Waals surface area contributed by atoms with Gasteiger partial charge in [-0.1, -0.05) is 24.3 Å². The van der Waals surface area contributed by atoms with Gasteiger partial charge in [0, 0.05) is 12.3 Å². The maximum Gasteiger partial charge on any atom is 0.306 e. The Morgan fingerprint density at radius 3 is 2.16 bits per heavy atom. The first kappa shape index (κ1) is 17.9. The van der Waals surface area contributed by atoms with E-state index >= 15 is 0 Å². The Balaban J connectivity index is 0.00000324. The van der Waals surface area contributed by atoms with E-state index in [-0.39, 0.29) is 12.1 Å². The summed E-state index contributed by atoms with van der Waals surface area (Å²) < 4.78 is 5.29. The van der Waals surface area contributed by atoms with Crippen molar-refractivity contribution < 1.29 is 9.53 Å². The second-order valence-electron chi connectivity index (χ2n) is 5.29. The zero-order valence-electron chi connectivity index (χ0n) is 12.0. The van der Waals surface area contributed by atoms with E-state index in [1.807, 2.05) is 39.0 Å². The van der Waals surface area contributed by atoms with Gasteiger partial charge in [0.15, 0.2) is 0 Å².